The summed E-state index contributed by atoms with van der Waals surface area (Å²) in [5, 5.41) is 11.7. The van der Waals surface area contributed by atoms with Crippen LogP contribution in [-0.2, 0) is 0 Å². The lowest BCUT2D eigenvalue weighted by atomic mass is 10.0. The fourth-order valence-electron chi connectivity index (χ4n) is 2.09. The van der Waals surface area contributed by atoms with Crippen molar-refractivity contribution in [2.75, 3.05) is 11.9 Å². The monoisotopic (exact) mass is 327 g/mol. The van der Waals surface area contributed by atoms with Gasteiger partial charge in [-0.05, 0) is 53.4 Å². The van der Waals surface area contributed by atoms with Crippen molar-refractivity contribution in [2.24, 2.45) is 16.8 Å². The van der Waals surface area contributed by atoms with Crippen LogP contribution in [0.15, 0.2) is 27.8 Å². The first-order valence-electron chi connectivity index (χ1n) is 6.37. The van der Waals surface area contributed by atoms with E-state index in [9.17, 15) is 0 Å². The molecule has 0 radical (unpaired) electrons. The maximum atomic E-state index is 8.68. The number of oxime groups is 1. The summed E-state index contributed by atoms with van der Waals surface area (Å²) < 4.78 is 0.940. The van der Waals surface area contributed by atoms with Gasteiger partial charge in [-0.2, -0.15) is 0 Å². The summed E-state index contributed by atoms with van der Waals surface area (Å²) in [6, 6.07) is 6.15. The van der Waals surface area contributed by atoms with Gasteiger partial charge < -0.3 is 15.8 Å². The summed E-state index contributed by atoms with van der Waals surface area (Å²) >= 11 is 3.55. The van der Waals surface area contributed by atoms with E-state index in [1.165, 1.54) is 0 Å². The Hall–Kier alpha value is -1.23. The molecule has 1 aromatic rings. The smallest absolute Gasteiger partial charge is 0.170 e. The van der Waals surface area contributed by atoms with Gasteiger partial charge in [-0.3, -0.25) is 0 Å². The summed E-state index contributed by atoms with van der Waals surface area (Å²) in [6.07, 6.45) is 1.13. The predicted octanol–water partition coefficient (Wildman–Crippen LogP) is 3.41. The average Bonchev–Trinajstić information content (AvgIpc) is 2.36. The van der Waals surface area contributed by atoms with E-state index in [0.29, 0.717) is 17.5 Å². The van der Waals surface area contributed by atoms with Crippen molar-refractivity contribution < 1.29 is 5.21 Å². The van der Waals surface area contributed by atoms with Gasteiger partial charge in [0.05, 0.1) is 5.69 Å². The minimum atomic E-state index is 0.116. The van der Waals surface area contributed by atoms with E-state index in [2.05, 4.69) is 53.8 Å². The Balaban J connectivity index is 2.96. The Bertz CT molecular complexity index is 460. The maximum Gasteiger partial charge on any atom is 0.170 e. The van der Waals surface area contributed by atoms with E-state index >= 15 is 0 Å². The zero-order valence-corrected chi connectivity index (χ0v) is 13.5. The van der Waals surface area contributed by atoms with E-state index in [1.54, 1.807) is 0 Å². The van der Waals surface area contributed by atoms with Gasteiger partial charge in [0.25, 0.3) is 0 Å². The molecule has 4 nitrogen and oxygen atoms in total. The minimum Gasteiger partial charge on any atom is -0.409 e. The first-order valence-corrected chi connectivity index (χ1v) is 7.16. The van der Waals surface area contributed by atoms with Crippen molar-refractivity contribution in [1.29, 1.82) is 0 Å². The molecule has 0 fully saturated rings. The van der Waals surface area contributed by atoms with Crippen LogP contribution in [0.1, 0.15) is 32.8 Å². The van der Waals surface area contributed by atoms with Crippen LogP contribution in [0.4, 0.5) is 5.69 Å². The molecular weight excluding hydrogens is 306 g/mol. The minimum absolute atomic E-state index is 0.116. The van der Waals surface area contributed by atoms with Gasteiger partial charge in [0.15, 0.2) is 5.84 Å². The van der Waals surface area contributed by atoms with E-state index in [0.717, 1.165) is 16.6 Å². The number of nitrogens with two attached hydrogens (primary N) is 1. The SMILES string of the molecule is CC(C)CC(C)N(C)c1ccc(/C(N)=N/O)cc1Br. The van der Waals surface area contributed by atoms with Crippen LogP contribution in [0.3, 0.4) is 0 Å². The number of hydrogen-bond donors (Lipinski definition) is 2. The Morgan fingerprint density at radius 2 is 2.05 bits per heavy atom. The molecule has 0 saturated carbocycles. The highest BCUT2D eigenvalue weighted by Gasteiger charge is 2.15. The second kappa shape index (κ2) is 6.80. The molecule has 0 amide bonds. The van der Waals surface area contributed by atoms with Crippen LogP contribution >= 0.6 is 15.9 Å². The zero-order chi connectivity index (χ0) is 14.6. The van der Waals surface area contributed by atoms with Gasteiger partial charge in [-0.15, -0.1) is 0 Å². The Labute approximate surface area is 123 Å². The lowest BCUT2D eigenvalue weighted by Gasteiger charge is -2.29. The van der Waals surface area contributed by atoms with Crippen LogP contribution in [0.2, 0.25) is 0 Å². The lowest BCUT2D eigenvalue weighted by Crippen LogP contribution is -2.30. The average molecular weight is 328 g/mol. The van der Waals surface area contributed by atoms with Gasteiger partial charge in [0, 0.05) is 23.1 Å². The normalized spacial score (nSPS) is 13.7. The topological polar surface area (TPSA) is 61.8 Å². The summed E-state index contributed by atoms with van der Waals surface area (Å²) in [5.74, 6) is 0.776. The zero-order valence-electron chi connectivity index (χ0n) is 11.9. The van der Waals surface area contributed by atoms with Gasteiger partial charge in [0.1, 0.15) is 0 Å². The molecule has 0 spiro atoms. The Morgan fingerprint density at radius 3 is 2.53 bits per heavy atom. The third-order valence-electron chi connectivity index (χ3n) is 3.20. The van der Waals surface area contributed by atoms with Crippen molar-refractivity contribution in [2.45, 2.75) is 33.2 Å². The Morgan fingerprint density at radius 1 is 1.42 bits per heavy atom. The fourth-order valence-corrected chi connectivity index (χ4v) is 2.75. The molecule has 1 rings (SSSR count). The quantitative estimate of drug-likeness (QED) is 0.377. The first kappa shape index (κ1) is 15.8. The largest absolute Gasteiger partial charge is 0.409 e. The third-order valence-corrected chi connectivity index (χ3v) is 3.84. The molecule has 1 unspecified atom stereocenters. The molecule has 0 aliphatic carbocycles. The molecule has 3 N–H and O–H groups in total. The lowest BCUT2D eigenvalue weighted by molar-refractivity contribution is 0.318. The molecular formula is C14H22BrN3O. The fraction of sp³-hybridized carbons (Fsp3) is 0.500. The molecule has 0 aromatic heterocycles. The number of benzene rings is 1. The van der Waals surface area contributed by atoms with Gasteiger partial charge >= 0.3 is 0 Å². The highest BCUT2D eigenvalue weighted by molar-refractivity contribution is 9.10. The van der Waals surface area contributed by atoms with Crippen molar-refractivity contribution in [3.63, 3.8) is 0 Å². The van der Waals surface area contributed by atoms with Crippen molar-refractivity contribution >= 4 is 27.5 Å². The second-order valence-electron chi connectivity index (χ2n) is 5.24. The molecule has 0 aliphatic heterocycles. The van der Waals surface area contributed by atoms with E-state index in [-0.39, 0.29) is 5.84 Å². The first-order chi connectivity index (χ1) is 8.86. The number of rotatable bonds is 5. The number of amidine groups is 1. The van der Waals surface area contributed by atoms with E-state index < -0.39 is 0 Å². The number of hydrogen-bond acceptors (Lipinski definition) is 3. The highest BCUT2D eigenvalue weighted by Crippen LogP contribution is 2.29. The van der Waals surface area contributed by atoms with Crippen LogP contribution in [0.25, 0.3) is 0 Å². The van der Waals surface area contributed by atoms with Gasteiger partial charge in [-0.25, -0.2) is 0 Å². The Kier molecular flexibility index (Phi) is 5.66. The summed E-state index contributed by atoms with van der Waals surface area (Å²) in [4.78, 5) is 2.24. The second-order valence-corrected chi connectivity index (χ2v) is 6.10. The highest BCUT2D eigenvalue weighted by atomic mass is 79.9. The summed E-state index contributed by atoms with van der Waals surface area (Å²) in [7, 11) is 2.08. The standard InChI is InChI=1S/C14H22BrN3O/c1-9(2)7-10(3)18(4)13-6-5-11(8-12(13)15)14(16)17-19/h5-6,8-10,19H,7H2,1-4H3,(H2,16,17). The predicted molar refractivity (Wildman–Crippen MR) is 84.0 cm³/mol. The maximum absolute atomic E-state index is 8.68. The number of anilines is 1. The molecule has 0 bridgehead atoms. The molecule has 5 heteroatoms. The van der Waals surface area contributed by atoms with Crippen molar-refractivity contribution in [3.8, 4) is 0 Å². The van der Waals surface area contributed by atoms with E-state index in [4.69, 9.17) is 10.9 Å². The van der Waals surface area contributed by atoms with E-state index in [1.807, 2.05) is 18.2 Å². The number of halogens is 1. The van der Waals surface area contributed by atoms with Crippen molar-refractivity contribution in [3.05, 3.63) is 28.2 Å². The van der Waals surface area contributed by atoms with Crippen LogP contribution in [0.5, 0.6) is 0 Å². The van der Waals surface area contributed by atoms with Gasteiger partial charge in [0.2, 0.25) is 0 Å². The van der Waals surface area contributed by atoms with Crippen molar-refractivity contribution in [1.82, 2.24) is 0 Å². The van der Waals surface area contributed by atoms with Gasteiger partial charge in [-0.1, -0.05) is 19.0 Å². The third kappa shape index (κ3) is 4.13. The molecule has 19 heavy (non-hydrogen) atoms. The summed E-state index contributed by atoms with van der Waals surface area (Å²) in [5.41, 5.74) is 7.38. The molecule has 0 heterocycles. The van der Waals surface area contributed by atoms with Crippen LogP contribution in [-0.4, -0.2) is 24.1 Å². The van der Waals surface area contributed by atoms with Crippen LogP contribution in [0, 0.1) is 5.92 Å². The molecule has 106 valence electrons. The summed E-state index contributed by atoms with van der Waals surface area (Å²) in [6.45, 7) is 6.66. The molecule has 1 atom stereocenters. The number of nitrogens with zero attached hydrogens (tertiary/aromatic N) is 2. The molecule has 1 aromatic carbocycles. The van der Waals surface area contributed by atoms with Crippen LogP contribution < -0.4 is 10.6 Å². The molecule has 0 aliphatic rings. The molecule has 0 saturated heterocycles.